The second kappa shape index (κ2) is 18.0. The van der Waals surface area contributed by atoms with E-state index < -0.39 is 0 Å². The number of carbonyl (C=O) groups is 1. The van der Waals surface area contributed by atoms with Crippen LogP contribution in [0.15, 0.2) is 58.8 Å². The second-order valence-corrected chi connectivity index (χ2v) is 8.80. The van der Waals surface area contributed by atoms with Gasteiger partial charge < -0.3 is 9.53 Å². The number of rotatable bonds is 19. The van der Waals surface area contributed by atoms with Crippen LogP contribution < -0.4 is 4.74 Å². The Morgan fingerprint density at radius 1 is 0.667 bits per heavy atom. The first-order valence-corrected chi connectivity index (χ1v) is 13.0. The molecular formula is C29H42N2O2. The van der Waals surface area contributed by atoms with Gasteiger partial charge in [0.15, 0.2) is 0 Å². The van der Waals surface area contributed by atoms with E-state index in [2.05, 4.69) is 29.3 Å². The van der Waals surface area contributed by atoms with Gasteiger partial charge in [0.1, 0.15) is 12.0 Å². The Labute approximate surface area is 200 Å². The Hall–Kier alpha value is -2.49. The number of benzene rings is 2. The average molecular weight is 451 g/mol. The van der Waals surface area contributed by atoms with Gasteiger partial charge in [0.25, 0.3) is 0 Å². The zero-order chi connectivity index (χ0) is 23.4. The van der Waals surface area contributed by atoms with Crippen LogP contribution in [0.1, 0.15) is 96.0 Å². The van der Waals surface area contributed by atoms with E-state index in [1.165, 1.54) is 69.8 Å². The molecule has 2 aromatic rings. The SMILES string of the molecule is CCCCCCc1ccc(N=Nc2ccc(OCCCCCCCCCCC=O)cc2)cc1. The lowest BCUT2D eigenvalue weighted by Gasteiger charge is -2.06. The van der Waals surface area contributed by atoms with E-state index in [1.54, 1.807) is 0 Å². The predicted molar refractivity (Wildman–Crippen MR) is 138 cm³/mol. The standard InChI is InChI=1S/C29H42N2O2/c1-2-3-4-12-15-26-16-18-27(19-17-26)30-31-28-20-22-29(23-21-28)33-25-14-11-9-7-5-6-8-10-13-24-32/h16-24H,2-15,25H2,1H3. The molecule has 0 fully saturated rings. The van der Waals surface area contributed by atoms with Crippen LogP contribution in [0, 0.1) is 0 Å². The van der Waals surface area contributed by atoms with Crippen molar-refractivity contribution in [3.05, 3.63) is 54.1 Å². The lowest BCUT2D eigenvalue weighted by Crippen LogP contribution is -1.96. The molecule has 0 saturated carbocycles. The number of hydrogen-bond acceptors (Lipinski definition) is 4. The third-order valence-electron chi connectivity index (χ3n) is 5.86. The monoisotopic (exact) mass is 450 g/mol. The number of azo groups is 1. The summed E-state index contributed by atoms with van der Waals surface area (Å²) in [4.78, 5) is 10.3. The average Bonchev–Trinajstić information content (AvgIpc) is 2.85. The maximum Gasteiger partial charge on any atom is 0.119 e. The Balaban J connectivity index is 1.58. The molecule has 4 heteroatoms. The van der Waals surface area contributed by atoms with Gasteiger partial charge in [-0.3, -0.25) is 0 Å². The minimum Gasteiger partial charge on any atom is -0.494 e. The molecule has 0 amide bonds. The van der Waals surface area contributed by atoms with E-state index in [0.717, 1.165) is 49.3 Å². The molecule has 0 spiro atoms. The van der Waals surface area contributed by atoms with Crippen LogP contribution >= 0.6 is 0 Å². The van der Waals surface area contributed by atoms with Crippen LogP contribution in [0.4, 0.5) is 11.4 Å². The van der Waals surface area contributed by atoms with E-state index in [9.17, 15) is 4.79 Å². The summed E-state index contributed by atoms with van der Waals surface area (Å²) in [5.41, 5.74) is 3.09. The fraction of sp³-hybridized carbons (Fsp3) is 0.552. The van der Waals surface area contributed by atoms with Crippen molar-refractivity contribution in [3.8, 4) is 5.75 Å². The molecule has 0 aromatic heterocycles. The number of carbonyl (C=O) groups excluding carboxylic acids is 1. The summed E-state index contributed by atoms with van der Waals surface area (Å²) in [7, 11) is 0. The third-order valence-corrected chi connectivity index (χ3v) is 5.86. The van der Waals surface area contributed by atoms with Gasteiger partial charge in [-0.1, -0.05) is 76.8 Å². The van der Waals surface area contributed by atoms with Crippen LogP contribution in [0.3, 0.4) is 0 Å². The predicted octanol–water partition coefficient (Wildman–Crippen LogP) is 9.31. The highest BCUT2D eigenvalue weighted by Crippen LogP contribution is 2.22. The minimum atomic E-state index is 0.717. The van der Waals surface area contributed by atoms with Gasteiger partial charge in [0.05, 0.1) is 18.0 Å². The minimum absolute atomic E-state index is 0.717. The van der Waals surface area contributed by atoms with Crippen molar-refractivity contribution >= 4 is 17.7 Å². The molecule has 180 valence electrons. The van der Waals surface area contributed by atoms with Crippen molar-refractivity contribution in [2.24, 2.45) is 10.2 Å². The summed E-state index contributed by atoms with van der Waals surface area (Å²) < 4.78 is 5.85. The number of unbranched alkanes of at least 4 members (excludes halogenated alkanes) is 11. The molecule has 0 unspecified atom stereocenters. The molecule has 0 N–H and O–H groups in total. The first-order chi connectivity index (χ1) is 16.3. The molecule has 0 aliphatic carbocycles. The molecule has 2 rings (SSSR count). The molecule has 0 aliphatic heterocycles. The number of ether oxygens (including phenoxy) is 1. The Morgan fingerprint density at radius 3 is 1.82 bits per heavy atom. The highest BCUT2D eigenvalue weighted by molar-refractivity contribution is 5.48. The normalized spacial score (nSPS) is 11.2. The summed E-state index contributed by atoms with van der Waals surface area (Å²) in [6, 6.07) is 16.2. The molecular weight excluding hydrogens is 408 g/mol. The van der Waals surface area contributed by atoms with Crippen LogP contribution in [-0.4, -0.2) is 12.9 Å². The first kappa shape index (κ1) is 26.8. The number of aldehydes is 1. The Kier molecular flexibility index (Phi) is 14.6. The van der Waals surface area contributed by atoms with Gasteiger partial charge >= 0.3 is 0 Å². The van der Waals surface area contributed by atoms with Crippen molar-refractivity contribution in [1.82, 2.24) is 0 Å². The van der Waals surface area contributed by atoms with E-state index in [-0.39, 0.29) is 0 Å². The smallest absolute Gasteiger partial charge is 0.119 e. The lowest BCUT2D eigenvalue weighted by atomic mass is 10.1. The van der Waals surface area contributed by atoms with Crippen LogP contribution in [0.2, 0.25) is 0 Å². The summed E-state index contributed by atoms with van der Waals surface area (Å²) in [5, 5.41) is 8.71. The maximum absolute atomic E-state index is 10.3. The number of hydrogen-bond donors (Lipinski definition) is 0. The van der Waals surface area contributed by atoms with E-state index in [0.29, 0.717) is 6.42 Å². The molecule has 4 nitrogen and oxygen atoms in total. The zero-order valence-electron chi connectivity index (χ0n) is 20.5. The van der Waals surface area contributed by atoms with Crippen LogP contribution in [0.5, 0.6) is 5.75 Å². The van der Waals surface area contributed by atoms with Gasteiger partial charge in [-0.15, -0.1) is 0 Å². The van der Waals surface area contributed by atoms with Crippen LogP contribution in [-0.2, 0) is 11.2 Å². The maximum atomic E-state index is 10.3. The van der Waals surface area contributed by atoms with Crippen molar-refractivity contribution in [1.29, 1.82) is 0 Å². The fourth-order valence-corrected chi connectivity index (χ4v) is 3.79. The quantitative estimate of drug-likeness (QED) is 0.122. The number of nitrogens with zero attached hydrogens (tertiary/aromatic N) is 2. The Morgan fingerprint density at radius 2 is 1.21 bits per heavy atom. The summed E-state index contributed by atoms with van der Waals surface area (Å²) in [6.07, 6.45) is 17.6. The van der Waals surface area contributed by atoms with Crippen molar-refractivity contribution in [3.63, 3.8) is 0 Å². The van der Waals surface area contributed by atoms with E-state index >= 15 is 0 Å². The second-order valence-electron chi connectivity index (χ2n) is 8.80. The molecule has 2 aromatic carbocycles. The highest BCUT2D eigenvalue weighted by atomic mass is 16.5. The van der Waals surface area contributed by atoms with Gasteiger partial charge in [0, 0.05) is 6.42 Å². The fourth-order valence-electron chi connectivity index (χ4n) is 3.79. The van der Waals surface area contributed by atoms with Crippen molar-refractivity contribution in [2.75, 3.05) is 6.61 Å². The molecule has 0 aliphatic rings. The largest absolute Gasteiger partial charge is 0.494 e. The molecule has 0 radical (unpaired) electrons. The molecule has 0 bridgehead atoms. The summed E-state index contributed by atoms with van der Waals surface area (Å²) in [6.45, 7) is 3.00. The van der Waals surface area contributed by atoms with Gasteiger partial charge in [-0.2, -0.15) is 10.2 Å². The van der Waals surface area contributed by atoms with Crippen LogP contribution in [0.25, 0.3) is 0 Å². The number of aryl methyl sites for hydroxylation is 1. The van der Waals surface area contributed by atoms with Crippen molar-refractivity contribution in [2.45, 2.75) is 96.8 Å². The van der Waals surface area contributed by atoms with Gasteiger partial charge in [-0.05, 0) is 67.6 Å². The molecule has 0 heterocycles. The van der Waals surface area contributed by atoms with E-state index in [4.69, 9.17) is 4.74 Å². The highest BCUT2D eigenvalue weighted by Gasteiger charge is 1.98. The molecule has 33 heavy (non-hydrogen) atoms. The molecule has 0 saturated heterocycles. The summed E-state index contributed by atoms with van der Waals surface area (Å²) >= 11 is 0. The Bertz CT molecular complexity index is 769. The third kappa shape index (κ3) is 13.0. The zero-order valence-corrected chi connectivity index (χ0v) is 20.5. The van der Waals surface area contributed by atoms with E-state index in [1.807, 2.05) is 36.4 Å². The van der Waals surface area contributed by atoms with Crippen molar-refractivity contribution < 1.29 is 9.53 Å². The topological polar surface area (TPSA) is 51.0 Å². The molecule has 0 atom stereocenters. The first-order valence-electron chi connectivity index (χ1n) is 13.0. The van der Waals surface area contributed by atoms with Gasteiger partial charge in [-0.25, -0.2) is 0 Å². The van der Waals surface area contributed by atoms with Gasteiger partial charge in [0.2, 0.25) is 0 Å². The summed E-state index contributed by atoms with van der Waals surface area (Å²) in [5.74, 6) is 0.886. The lowest BCUT2D eigenvalue weighted by molar-refractivity contribution is -0.107.